The van der Waals surface area contributed by atoms with Gasteiger partial charge in [0.25, 0.3) is 0 Å². The third-order valence-corrected chi connectivity index (χ3v) is 3.49. The summed E-state index contributed by atoms with van der Waals surface area (Å²) in [5.74, 6) is -0.800. The summed E-state index contributed by atoms with van der Waals surface area (Å²) in [5, 5.41) is 21.6. The molecule has 0 atom stereocenters. The molecule has 5 heteroatoms. The topological polar surface area (TPSA) is 66.8 Å². The molecule has 0 radical (unpaired) electrons. The summed E-state index contributed by atoms with van der Waals surface area (Å²) < 4.78 is 5.17. The minimum Gasteiger partial charge on any atom is -0.507 e. The molecule has 0 aliphatic carbocycles. The number of hydrogen-bond acceptors (Lipinski definition) is 4. The number of fused-ring (bicyclic) bond motifs is 1. The Balaban J connectivity index is 2.00. The minimum absolute atomic E-state index is 0.101. The van der Waals surface area contributed by atoms with Gasteiger partial charge in [-0.25, -0.2) is 4.79 Å². The summed E-state index contributed by atoms with van der Waals surface area (Å²) in [6.07, 6.45) is 0. The van der Waals surface area contributed by atoms with Gasteiger partial charge in [0.05, 0.1) is 0 Å². The van der Waals surface area contributed by atoms with Crippen molar-refractivity contribution in [2.75, 3.05) is 0 Å². The van der Waals surface area contributed by atoms with E-state index in [1.54, 1.807) is 36.4 Å². The first-order chi connectivity index (χ1) is 10.6. The lowest BCUT2D eigenvalue weighted by Gasteiger charge is -2.10. The predicted octanol–water partition coefficient (Wildman–Crippen LogP) is 4.12. The summed E-state index contributed by atoms with van der Waals surface area (Å²) in [4.78, 5) is 12.2. The van der Waals surface area contributed by atoms with Crippen LogP contribution in [0.25, 0.3) is 10.8 Å². The second-order valence-corrected chi connectivity index (χ2v) is 5.12. The van der Waals surface area contributed by atoms with Gasteiger partial charge in [-0.05, 0) is 30.3 Å². The van der Waals surface area contributed by atoms with Gasteiger partial charge >= 0.3 is 5.97 Å². The Hall–Kier alpha value is -2.72. The number of halogens is 1. The highest BCUT2D eigenvalue weighted by atomic mass is 35.5. The van der Waals surface area contributed by atoms with E-state index >= 15 is 0 Å². The zero-order valence-corrected chi connectivity index (χ0v) is 12.0. The molecule has 110 valence electrons. The van der Waals surface area contributed by atoms with Crippen molar-refractivity contribution in [1.82, 2.24) is 0 Å². The van der Waals surface area contributed by atoms with Gasteiger partial charge in [0.15, 0.2) is 0 Å². The van der Waals surface area contributed by atoms with Gasteiger partial charge in [-0.15, -0.1) is 0 Å². The number of ether oxygens (including phenoxy) is 1. The molecule has 0 unspecified atom stereocenters. The SMILES string of the molecule is O=C(Oc1ccc(Cl)cc1)c1cc(O)c2ccccc2c1O. The average Bonchev–Trinajstić information content (AvgIpc) is 2.53. The second kappa shape index (κ2) is 5.58. The molecule has 0 saturated heterocycles. The van der Waals surface area contributed by atoms with Crippen molar-refractivity contribution >= 4 is 28.3 Å². The van der Waals surface area contributed by atoms with Gasteiger partial charge in [-0.3, -0.25) is 0 Å². The molecule has 3 aromatic rings. The molecular weight excluding hydrogens is 304 g/mol. The van der Waals surface area contributed by atoms with Crippen molar-refractivity contribution in [3.05, 3.63) is 65.2 Å². The molecule has 2 N–H and O–H groups in total. The number of benzene rings is 3. The quantitative estimate of drug-likeness (QED) is 0.424. The number of phenols is 2. The van der Waals surface area contributed by atoms with Crippen molar-refractivity contribution in [3.8, 4) is 17.2 Å². The van der Waals surface area contributed by atoms with Crippen LogP contribution in [-0.4, -0.2) is 16.2 Å². The minimum atomic E-state index is -0.763. The Bertz CT molecular complexity index is 856. The molecule has 0 heterocycles. The van der Waals surface area contributed by atoms with Crippen molar-refractivity contribution in [2.24, 2.45) is 0 Å². The Morgan fingerprint density at radius 1 is 0.955 bits per heavy atom. The van der Waals surface area contributed by atoms with Crippen LogP contribution in [0.15, 0.2) is 54.6 Å². The van der Waals surface area contributed by atoms with Crippen LogP contribution >= 0.6 is 11.6 Å². The molecule has 3 aromatic carbocycles. The van der Waals surface area contributed by atoms with Crippen LogP contribution in [0.5, 0.6) is 17.2 Å². The highest BCUT2D eigenvalue weighted by Gasteiger charge is 2.18. The zero-order chi connectivity index (χ0) is 15.7. The smallest absolute Gasteiger partial charge is 0.347 e. The van der Waals surface area contributed by atoms with E-state index in [1.165, 1.54) is 18.2 Å². The van der Waals surface area contributed by atoms with E-state index in [1.807, 2.05) is 0 Å². The number of phenolic OH excluding ortho intramolecular Hbond substituents is 2. The Morgan fingerprint density at radius 2 is 1.59 bits per heavy atom. The van der Waals surface area contributed by atoms with E-state index in [4.69, 9.17) is 16.3 Å². The van der Waals surface area contributed by atoms with Gasteiger partial charge in [-0.1, -0.05) is 35.9 Å². The number of hydrogen-bond donors (Lipinski definition) is 2. The van der Waals surface area contributed by atoms with Gasteiger partial charge in [0.1, 0.15) is 22.8 Å². The molecule has 4 nitrogen and oxygen atoms in total. The van der Waals surface area contributed by atoms with Crippen molar-refractivity contribution in [3.63, 3.8) is 0 Å². The van der Waals surface area contributed by atoms with Gasteiger partial charge < -0.3 is 14.9 Å². The number of carbonyl (C=O) groups is 1. The Morgan fingerprint density at radius 3 is 2.27 bits per heavy atom. The highest BCUT2D eigenvalue weighted by Crippen LogP contribution is 2.35. The third kappa shape index (κ3) is 2.56. The van der Waals surface area contributed by atoms with Crippen LogP contribution < -0.4 is 4.74 Å². The maximum atomic E-state index is 12.2. The lowest BCUT2D eigenvalue weighted by atomic mass is 10.0. The molecule has 0 amide bonds. The first kappa shape index (κ1) is 14.2. The standard InChI is InChI=1S/C17H11ClO4/c18-10-5-7-11(8-6-10)22-17(21)14-9-15(19)12-3-1-2-4-13(12)16(14)20/h1-9,19-20H. The van der Waals surface area contributed by atoms with Gasteiger partial charge in [-0.2, -0.15) is 0 Å². The van der Waals surface area contributed by atoms with Gasteiger partial charge in [0.2, 0.25) is 0 Å². The molecule has 0 aliphatic rings. The average molecular weight is 315 g/mol. The molecule has 0 bridgehead atoms. The summed E-state index contributed by atoms with van der Waals surface area (Å²) >= 11 is 5.76. The Kier molecular flexibility index (Phi) is 3.61. The molecular formula is C17H11ClO4. The van der Waals surface area contributed by atoms with E-state index < -0.39 is 5.97 Å². The molecule has 0 fully saturated rings. The van der Waals surface area contributed by atoms with E-state index in [2.05, 4.69) is 0 Å². The number of esters is 1. The summed E-state index contributed by atoms with van der Waals surface area (Å²) in [7, 11) is 0. The summed E-state index contributed by atoms with van der Waals surface area (Å²) in [6, 6.07) is 14.1. The van der Waals surface area contributed by atoms with Crippen molar-refractivity contribution in [1.29, 1.82) is 0 Å². The monoisotopic (exact) mass is 314 g/mol. The first-order valence-corrected chi connectivity index (χ1v) is 6.85. The normalized spacial score (nSPS) is 10.6. The number of carbonyl (C=O) groups excluding carboxylic acids is 1. The maximum Gasteiger partial charge on any atom is 0.347 e. The zero-order valence-electron chi connectivity index (χ0n) is 11.3. The van der Waals surface area contributed by atoms with Crippen LogP contribution in [0.1, 0.15) is 10.4 Å². The van der Waals surface area contributed by atoms with E-state index in [0.717, 1.165) is 0 Å². The van der Waals surface area contributed by atoms with Crippen LogP contribution in [-0.2, 0) is 0 Å². The fraction of sp³-hybridized carbons (Fsp3) is 0. The largest absolute Gasteiger partial charge is 0.507 e. The number of aromatic hydroxyl groups is 2. The Labute approximate surface area is 131 Å². The van der Waals surface area contributed by atoms with E-state index in [0.29, 0.717) is 21.5 Å². The van der Waals surface area contributed by atoms with E-state index in [-0.39, 0.29) is 17.1 Å². The fourth-order valence-electron chi connectivity index (χ4n) is 2.16. The molecule has 3 rings (SSSR count). The molecule has 0 aliphatic heterocycles. The molecule has 22 heavy (non-hydrogen) atoms. The summed E-state index contributed by atoms with van der Waals surface area (Å²) in [5.41, 5.74) is -0.105. The van der Waals surface area contributed by atoms with E-state index in [9.17, 15) is 15.0 Å². The summed E-state index contributed by atoms with van der Waals surface area (Å²) in [6.45, 7) is 0. The van der Waals surface area contributed by atoms with Crippen LogP contribution in [0, 0.1) is 0 Å². The third-order valence-electron chi connectivity index (χ3n) is 3.24. The fourth-order valence-corrected chi connectivity index (χ4v) is 2.29. The lowest BCUT2D eigenvalue weighted by Crippen LogP contribution is -2.08. The van der Waals surface area contributed by atoms with Gasteiger partial charge in [0, 0.05) is 15.8 Å². The predicted molar refractivity (Wildman–Crippen MR) is 83.7 cm³/mol. The highest BCUT2D eigenvalue weighted by molar-refractivity contribution is 6.30. The van der Waals surface area contributed by atoms with Crippen LogP contribution in [0.3, 0.4) is 0 Å². The van der Waals surface area contributed by atoms with Crippen molar-refractivity contribution in [2.45, 2.75) is 0 Å². The second-order valence-electron chi connectivity index (χ2n) is 4.68. The first-order valence-electron chi connectivity index (χ1n) is 6.47. The molecule has 0 saturated carbocycles. The van der Waals surface area contributed by atoms with Crippen LogP contribution in [0.4, 0.5) is 0 Å². The molecule has 0 spiro atoms. The maximum absolute atomic E-state index is 12.2. The number of rotatable bonds is 2. The molecule has 0 aromatic heterocycles. The van der Waals surface area contributed by atoms with Crippen molar-refractivity contribution < 1.29 is 19.7 Å². The lowest BCUT2D eigenvalue weighted by molar-refractivity contribution is 0.0731. The van der Waals surface area contributed by atoms with Crippen LogP contribution in [0.2, 0.25) is 5.02 Å².